The van der Waals surface area contributed by atoms with Crippen molar-refractivity contribution in [2.75, 3.05) is 13.1 Å². The predicted molar refractivity (Wildman–Crippen MR) is 97.9 cm³/mol. The smallest absolute Gasteiger partial charge is 0.272 e. The molecule has 1 aromatic carbocycles. The minimum absolute atomic E-state index is 0.0620. The molecule has 0 unspecified atom stereocenters. The molecule has 0 radical (unpaired) electrons. The molecule has 1 aliphatic rings. The fourth-order valence-corrected chi connectivity index (χ4v) is 3.02. The number of carbonyl (C=O) groups is 1. The Kier molecular flexibility index (Phi) is 4.35. The standard InChI is InChI=1S/C20H19FN4O2/c1-13-4-3-5-19(22-13)27-16-11-25(12-16)20(26)18-10-17(23-24(18)2)14-6-8-15(21)9-7-14/h3-10,16H,11-12H2,1-2H3. The second-order valence-electron chi connectivity index (χ2n) is 6.61. The first-order valence-corrected chi connectivity index (χ1v) is 8.69. The van der Waals surface area contributed by atoms with Gasteiger partial charge in [-0.05, 0) is 43.3 Å². The number of ether oxygens (including phenoxy) is 1. The summed E-state index contributed by atoms with van der Waals surface area (Å²) >= 11 is 0. The largest absolute Gasteiger partial charge is 0.471 e. The lowest BCUT2D eigenvalue weighted by atomic mass is 10.1. The van der Waals surface area contributed by atoms with E-state index in [4.69, 9.17) is 4.74 Å². The molecule has 27 heavy (non-hydrogen) atoms. The zero-order valence-corrected chi connectivity index (χ0v) is 15.1. The SMILES string of the molecule is Cc1cccc(OC2CN(C(=O)c3cc(-c4ccc(F)cc4)nn3C)C2)n1. The number of hydrogen-bond donors (Lipinski definition) is 0. The highest BCUT2D eigenvalue weighted by atomic mass is 19.1. The van der Waals surface area contributed by atoms with E-state index in [2.05, 4.69) is 10.1 Å². The van der Waals surface area contributed by atoms with E-state index < -0.39 is 0 Å². The van der Waals surface area contributed by atoms with Gasteiger partial charge in [0.05, 0.1) is 18.8 Å². The summed E-state index contributed by atoms with van der Waals surface area (Å²) < 4.78 is 20.4. The van der Waals surface area contributed by atoms with Gasteiger partial charge in [-0.2, -0.15) is 5.10 Å². The molecule has 7 heteroatoms. The van der Waals surface area contributed by atoms with Crippen LogP contribution in [0.4, 0.5) is 4.39 Å². The maximum Gasteiger partial charge on any atom is 0.272 e. The Morgan fingerprint density at radius 2 is 1.93 bits per heavy atom. The van der Waals surface area contributed by atoms with E-state index in [1.165, 1.54) is 12.1 Å². The number of aryl methyl sites for hydroxylation is 2. The predicted octanol–water partition coefficient (Wildman–Crippen LogP) is 2.83. The number of pyridine rings is 1. The van der Waals surface area contributed by atoms with Crippen LogP contribution in [-0.2, 0) is 7.05 Å². The zero-order valence-electron chi connectivity index (χ0n) is 15.1. The maximum absolute atomic E-state index is 13.1. The molecule has 1 aliphatic heterocycles. The first-order valence-electron chi connectivity index (χ1n) is 8.69. The van der Waals surface area contributed by atoms with Crippen LogP contribution in [0.15, 0.2) is 48.5 Å². The lowest BCUT2D eigenvalue weighted by Gasteiger charge is -2.38. The van der Waals surface area contributed by atoms with Crippen molar-refractivity contribution in [1.29, 1.82) is 0 Å². The second-order valence-corrected chi connectivity index (χ2v) is 6.61. The maximum atomic E-state index is 13.1. The van der Waals surface area contributed by atoms with E-state index >= 15 is 0 Å². The number of carbonyl (C=O) groups excluding carboxylic acids is 1. The summed E-state index contributed by atoms with van der Waals surface area (Å²) in [6, 6.07) is 13.4. The Morgan fingerprint density at radius 1 is 1.19 bits per heavy atom. The molecule has 2 aromatic heterocycles. The third-order valence-electron chi connectivity index (χ3n) is 4.52. The highest BCUT2D eigenvalue weighted by Crippen LogP contribution is 2.23. The Bertz CT molecular complexity index is 978. The summed E-state index contributed by atoms with van der Waals surface area (Å²) in [5.74, 6) is 0.169. The lowest BCUT2D eigenvalue weighted by Crippen LogP contribution is -2.56. The number of likely N-dealkylation sites (tertiary alicyclic amines) is 1. The normalized spacial score (nSPS) is 14.1. The number of benzene rings is 1. The van der Waals surface area contributed by atoms with E-state index in [0.29, 0.717) is 30.4 Å². The molecule has 4 rings (SSSR count). The summed E-state index contributed by atoms with van der Waals surface area (Å²) in [4.78, 5) is 18.8. The molecule has 6 nitrogen and oxygen atoms in total. The first kappa shape index (κ1) is 17.2. The summed E-state index contributed by atoms with van der Waals surface area (Å²) in [5, 5.41) is 4.37. The topological polar surface area (TPSA) is 60.2 Å². The molecular formula is C20H19FN4O2. The van der Waals surface area contributed by atoms with Crippen LogP contribution in [0.3, 0.4) is 0 Å². The van der Waals surface area contributed by atoms with Crippen LogP contribution in [0, 0.1) is 12.7 Å². The number of halogens is 1. The van der Waals surface area contributed by atoms with Gasteiger partial charge in [0.15, 0.2) is 0 Å². The van der Waals surface area contributed by atoms with Gasteiger partial charge >= 0.3 is 0 Å². The van der Waals surface area contributed by atoms with Gasteiger partial charge in [0, 0.05) is 24.4 Å². The molecule has 0 atom stereocenters. The van der Waals surface area contributed by atoms with Crippen molar-refractivity contribution in [3.05, 3.63) is 65.7 Å². The van der Waals surface area contributed by atoms with Gasteiger partial charge in [-0.25, -0.2) is 9.37 Å². The summed E-state index contributed by atoms with van der Waals surface area (Å²) in [7, 11) is 1.73. The highest BCUT2D eigenvalue weighted by Gasteiger charge is 2.34. The van der Waals surface area contributed by atoms with Gasteiger partial charge < -0.3 is 9.64 Å². The number of aromatic nitrogens is 3. The molecule has 0 aliphatic carbocycles. The van der Waals surface area contributed by atoms with Crippen molar-refractivity contribution >= 4 is 5.91 Å². The Morgan fingerprint density at radius 3 is 2.63 bits per heavy atom. The van der Waals surface area contributed by atoms with E-state index in [1.807, 2.05) is 25.1 Å². The molecule has 1 saturated heterocycles. The van der Waals surface area contributed by atoms with Gasteiger partial charge in [0.1, 0.15) is 17.6 Å². The van der Waals surface area contributed by atoms with Crippen molar-refractivity contribution in [2.24, 2.45) is 7.05 Å². The molecule has 1 amide bonds. The first-order chi connectivity index (χ1) is 13.0. The molecule has 0 spiro atoms. The average Bonchev–Trinajstić information content (AvgIpc) is 3.00. The van der Waals surface area contributed by atoms with Crippen molar-refractivity contribution in [2.45, 2.75) is 13.0 Å². The monoisotopic (exact) mass is 366 g/mol. The summed E-state index contributed by atoms with van der Waals surface area (Å²) in [6.45, 7) is 2.92. The number of amides is 1. The molecule has 138 valence electrons. The molecule has 1 fully saturated rings. The molecule has 0 bridgehead atoms. The molecule has 0 saturated carbocycles. The third kappa shape index (κ3) is 3.53. The van der Waals surface area contributed by atoms with Crippen LogP contribution >= 0.6 is 0 Å². The van der Waals surface area contributed by atoms with Crippen LogP contribution in [0.5, 0.6) is 5.88 Å². The molecule has 3 heterocycles. The Balaban J connectivity index is 1.41. The quantitative estimate of drug-likeness (QED) is 0.712. The fraction of sp³-hybridized carbons (Fsp3) is 0.250. The van der Waals surface area contributed by atoms with Gasteiger partial charge in [-0.15, -0.1) is 0 Å². The zero-order chi connectivity index (χ0) is 19.0. The number of hydrogen-bond acceptors (Lipinski definition) is 4. The second kappa shape index (κ2) is 6.83. The third-order valence-corrected chi connectivity index (χ3v) is 4.52. The molecule has 0 N–H and O–H groups in total. The van der Waals surface area contributed by atoms with Gasteiger partial charge in [0.25, 0.3) is 5.91 Å². The average molecular weight is 366 g/mol. The molecular weight excluding hydrogens is 347 g/mol. The minimum Gasteiger partial charge on any atom is -0.471 e. The summed E-state index contributed by atoms with van der Waals surface area (Å²) in [5.41, 5.74) is 2.78. The van der Waals surface area contributed by atoms with Gasteiger partial charge in [-0.1, -0.05) is 6.07 Å². The van der Waals surface area contributed by atoms with Gasteiger partial charge in [0.2, 0.25) is 5.88 Å². The Labute approximate surface area is 156 Å². The van der Waals surface area contributed by atoms with Crippen molar-refractivity contribution < 1.29 is 13.9 Å². The van der Waals surface area contributed by atoms with E-state index in [9.17, 15) is 9.18 Å². The minimum atomic E-state index is -0.305. The fourth-order valence-electron chi connectivity index (χ4n) is 3.02. The van der Waals surface area contributed by atoms with Crippen molar-refractivity contribution in [1.82, 2.24) is 19.7 Å². The lowest BCUT2D eigenvalue weighted by molar-refractivity contribution is 0.0151. The van der Waals surface area contributed by atoms with Crippen LogP contribution in [-0.4, -0.2) is 44.8 Å². The number of nitrogens with zero attached hydrogens (tertiary/aromatic N) is 4. The summed E-state index contributed by atoms with van der Waals surface area (Å²) in [6.07, 6.45) is -0.0620. The van der Waals surface area contributed by atoms with Crippen LogP contribution in [0.25, 0.3) is 11.3 Å². The number of rotatable bonds is 4. The van der Waals surface area contributed by atoms with Crippen molar-refractivity contribution in [3.8, 4) is 17.1 Å². The highest BCUT2D eigenvalue weighted by molar-refractivity contribution is 5.94. The van der Waals surface area contributed by atoms with Crippen LogP contribution in [0.1, 0.15) is 16.2 Å². The van der Waals surface area contributed by atoms with E-state index in [0.717, 1.165) is 11.3 Å². The van der Waals surface area contributed by atoms with Gasteiger partial charge in [-0.3, -0.25) is 9.48 Å². The van der Waals surface area contributed by atoms with E-state index in [-0.39, 0.29) is 17.8 Å². The van der Waals surface area contributed by atoms with Crippen LogP contribution < -0.4 is 4.74 Å². The van der Waals surface area contributed by atoms with Crippen molar-refractivity contribution in [3.63, 3.8) is 0 Å². The van der Waals surface area contributed by atoms with Crippen LogP contribution in [0.2, 0.25) is 0 Å². The Hall–Kier alpha value is -3.22. The van der Waals surface area contributed by atoms with E-state index in [1.54, 1.807) is 34.8 Å². The molecule has 3 aromatic rings.